The zero-order valence-electron chi connectivity index (χ0n) is 11.2. The molecule has 6 heteroatoms. The highest BCUT2D eigenvalue weighted by Crippen LogP contribution is 2.08. The van der Waals surface area contributed by atoms with Crippen molar-refractivity contribution >= 4 is 11.9 Å². The molecule has 0 amide bonds. The number of hydrogen-bond acceptors (Lipinski definition) is 6. The van der Waals surface area contributed by atoms with E-state index in [1.807, 2.05) is 0 Å². The van der Waals surface area contributed by atoms with Gasteiger partial charge < -0.3 is 19.2 Å². The van der Waals surface area contributed by atoms with Crippen molar-refractivity contribution in [2.75, 3.05) is 20.3 Å². The zero-order chi connectivity index (χ0) is 14.1. The Morgan fingerprint density at radius 2 is 2.21 bits per heavy atom. The lowest BCUT2D eigenvalue weighted by Gasteiger charge is -2.02. The van der Waals surface area contributed by atoms with Crippen LogP contribution in [-0.4, -0.2) is 32.2 Å². The first-order valence-electron chi connectivity index (χ1n) is 6.19. The van der Waals surface area contributed by atoms with Gasteiger partial charge in [-0.2, -0.15) is 0 Å². The molecule has 0 aromatic carbocycles. The maximum Gasteiger partial charge on any atom is 0.341 e. The summed E-state index contributed by atoms with van der Waals surface area (Å²) in [4.78, 5) is 22.3. The van der Waals surface area contributed by atoms with Crippen LogP contribution in [0.4, 0.5) is 0 Å². The molecule has 6 nitrogen and oxygen atoms in total. The van der Waals surface area contributed by atoms with Crippen LogP contribution in [0.2, 0.25) is 0 Å². The standard InChI is InChI=1S/C13H19NO5/c1-3-18-12(15)5-4-6-14-8-11-7-10(9-19-11)13(16)17-2/h7,9,14H,3-6,8H2,1-2H3. The van der Waals surface area contributed by atoms with Gasteiger partial charge in [-0.15, -0.1) is 0 Å². The summed E-state index contributed by atoms with van der Waals surface area (Å²) in [6.07, 6.45) is 2.46. The molecule has 0 atom stereocenters. The van der Waals surface area contributed by atoms with Crippen molar-refractivity contribution < 1.29 is 23.5 Å². The van der Waals surface area contributed by atoms with Gasteiger partial charge in [-0.3, -0.25) is 4.79 Å². The molecule has 0 aliphatic carbocycles. The van der Waals surface area contributed by atoms with E-state index in [1.165, 1.54) is 13.4 Å². The Labute approximate surface area is 112 Å². The highest BCUT2D eigenvalue weighted by molar-refractivity contribution is 5.88. The third-order valence-corrected chi connectivity index (χ3v) is 2.41. The minimum atomic E-state index is -0.419. The number of hydrogen-bond donors (Lipinski definition) is 1. The van der Waals surface area contributed by atoms with Crippen LogP contribution in [-0.2, 0) is 20.8 Å². The molecule has 1 rings (SSSR count). The summed E-state index contributed by atoms with van der Waals surface area (Å²) in [6, 6.07) is 1.63. The van der Waals surface area contributed by atoms with E-state index < -0.39 is 5.97 Å². The summed E-state index contributed by atoms with van der Waals surface area (Å²) in [5.41, 5.74) is 0.394. The molecule has 19 heavy (non-hydrogen) atoms. The smallest absolute Gasteiger partial charge is 0.341 e. The molecule has 0 saturated heterocycles. The molecule has 1 N–H and O–H groups in total. The second-order valence-corrected chi connectivity index (χ2v) is 3.88. The summed E-state index contributed by atoms with van der Waals surface area (Å²) < 4.78 is 14.6. The number of carbonyl (C=O) groups excluding carboxylic acids is 2. The van der Waals surface area contributed by atoms with E-state index in [1.54, 1.807) is 13.0 Å². The van der Waals surface area contributed by atoms with Crippen molar-refractivity contribution in [2.45, 2.75) is 26.3 Å². The molecular formula is C13H19NO5. The number of methoxy groups -OCH3 is 1. The van der Waals surface area contributed by atoms with Crippen molar-refractivity contribution in [2.24, 2.45) is 0 Å². The van der Waals surface area contributed by atoms with Gasteiger partial charge in [0.25, 0.3) is 0 Å². The molecule has 0 aliphatic heterocycles. The first-order valence-corrected chi connectivity index (χ1v) is 6.19. The van der Waals surface area contributed by atoms with Gasteiger partial charge in [-0.25, -0.2) is 4.79 Å². The van der Waals surface area contributed by atoms with E-state index in [9.17, 15) is 9.59 Å². The number of carbonyl (C=O) groups is 2. The van der Waals surface area contributed by atoms with Crippen molar-refractivity contribution in [1.29, 1.82) is 0 Å². The quantitative estimate of drug-likeness (QED) is 0.569. The number of nitrogens with one attached hydrogen (secondary N) is 1. The summed E-state index contributed by atoms with van der Waals surface area (Å²) in [6.45, 7) is 3.37. The number of esters is 2. The first-order chi connectivity index (χ1) is 9.17. The lowest BCUT2D eigenvalue weighted by atomic mass is 10.3. The van der Waals surface area contributed by atoms with E-state index in [0.29, 0.717) is 43.9 Å². The molecule has 0 fully saturated rings. The monoisotopic (exact) mass is 269 g/mol. The number of rotatable bonds is 8. The van der Waals surface area contributed by atoms with Gasteiger partial charge in [0.15, 0.2) is 0 Å². The number of furan rings is 1. The van der Waals surface area contributed by atoms with E-state index >= 15 is 0 Å². The molecule has 1 aromatic heterocycles. The molecule has 1 aromatic rings. The SMILES string of the molecule is CCOC(=O)CCCNCc1cc(C(=O)OC)co1. The Hall–Kier alpha value is -1.82. The Morgan fingerprint density at radius 1 is 1.42 bits per heavy atom. The lowest BCUT2D eigenvalue weighted by molar-refractivity contribution is -0.143. The molecule has 0 aliphatic rings. The Kier molecular flexibility index (Phi) is 6.67. The minimum Gasteiger partial charge on any atom is -0.467 e. The molecule has 0 unspecified atom stereocenters. The van der Waals surface area contributed by atoms with Crippen LogP contribution in [0.3, 0.4) is 0 Å². The van der Waals surface area contributed by atoms with Gasteiger partial charge >= 0.3 is 11.9 Å². The minimum absolute atomic E-state index is 0.185. The fourth-order valence-corrected chi connectivity index (χ4v) is 1.50. The molecule has 106 valence electrons. The van der Waals surface area contributed by atoms with Crippen molar-refractivity contribution in [3.05, 3.63) is 23.7 Å². The second-order valence-electron chi connectivity index (χ2n) is 3.88. The van der Waals surface area contributed by atoms with Gasteiger partial charge in [-0.05, 0) is 26.0 Å². The fraction of sp³-hybridized carbons (Fsp3) is 0.538. The topological polar surface area (TPSA) is 77.8 Å². The lowest BCUT2D eigenvalue weighted by Crippen LogP contribution is -2.16. The van der Waals surface area contributed by atoms with Gasteiger partial charge in [0.1, 0.15) is 12.0 Å². The van der Waals surface area contributed by atoms with Crippen LogP contribution in [0.1, 0.15) is 35.9 Å². The fourth-order valence-electron chi connectivity index (χ4n) is 1.50. The maximum absolute atomic E-state index is 11.2. The Balaban J connectivity index is 2.17. The van der Waals surface area contributed by atoms with Crippen molar-refractivity contribution in [1.82, 2.24) is 5.32 Å². The average molecular weight is 269 g/mol. The van der Waals surface area contributed by atoms with Crippen LogP contribution >= 0.6 is 0 Å². The van der Waals surface area contributed by atoms with Gasteiger partial charge in [0.05, 0.1) is 25.8 Å². The third kappa shape index (κ3) is 5.56. The molecule has 0 spiro atoms. The van der Waals surface area contributed by atoms with E-state index in [0.717, 1.165) is 0 Å². The number of ether oxygens (including phenoxy) is 2. The second kappa shape index (κ2) is 8.31. The van der Waals surface area contributed by atoms with Gasteiger partial charge in [-0.1, -0.05) is 0 Å². The van der Waals surface area contributed by atoms with E-state index in [2.05, 4.69) is 10.1 Å². The normalized spacial score (nSPS) is 10.2. The zero-order valence-corrected chi connectivity index (χ0v) is 11.2. The Morgan fingerprint density at radius 3 is 2.89 bits per heavy atom. The molecule has 0 bridgehead atoms. The van der Waals surface area contributed by atoms with E-state index in [-0.39, 0.29) is 5.97 Å². The van der Waals surface area contributed by atoms with Gasteiger partial charge in [0, 0.05) is 6.42 Å². The predicted molar refractivity (Wildman–Crippen MR) is 67.6 cm³/mol. The largest absolute Gasteiger partial charge is 0.467 e. The Bertz CT molecular complexity index is 413. The summed E-state index contributed by atoms with van der Waals surface area (Å²) in [5.74, 6) is 0.0455. The highest BCUT2D eigenvalue weighted by atomic mass is 16.5. The third-order valence-electron chi connectivity index (χ3n) is 2.41. The first kappa shape index (κ1) is 15.2. The van der Waals surface area contributed by atoms with Crippen LogP contribution in [0, 0.1) is 0 Å². The predicted octanol–water partition coefficient (Wildman–Crippen LogP) is 1.50. The van der Waals surface area contributed by atoms with Crippen LogP contribution < -0.4 is 5.32 Å². The molecule has 0 radical (unpaired) electrons. The molecule has 1 heterocycles. The molecule has 0 saturated carbocycles. The van der Waals surface area contributed by atoms with Crippen molar-refractivity contribution in [3.63, 3.8) is 0 Å². The highest BCUT2D eigenvalue weighted by Gasteiger charge is 2.09. The van der Waals surface area contributed by atoms with Crippen LogP contribution in [0.25, 0.3) is 0 Å². The van der Waals surface area contributed by atoms with E-state index in [4.69, 9.17) is 9.15 Å². The van der Waals surface area contributed by atoms with Crippen molar-refractivity contribution in [3.8, 4) is 0 Å². The summed E-state index contributed by atoms with van der Waals surface area (Å²) in [5, 5.41) is 3.12. The maximum atomic E-state index is 11.2. The summed E-state index contributed by atoms with van der Waals surface area (Å²) >= 11 is 0. The van der Waals surface area contributed by atoms with Crippen LogP contribution in [0.15, 0.2) is 16.7 Å². The van der Waals surface area contributed by atoms with Gasteiger partial charge in [0.2, 0.25) is 0 Å². The van der Waals surface area contributed by atoms with Crippen LogP contribution in [0.5, 0.6) is 0 Å². The average Bonchev–Trinajstić information content (AvgIpc) is 2.86. The molecular weight excluding hydrogens is 250 g/mol. The summed E-state index contributed by atoms with van der Waals surface area (Å²) in [7, 11) is 1.32.